The average Bonchev–Trinajstić information content (AvgIpc) is 3.17. The molecule has 18 heteroatoms. The van der Waals surface area contributed by atoms with Gasteiger partial charge in [-0.3, -0.25) is 18.7 Å². The second-order valence-electron chi connectivity index (χ2n) is 16.4. The van der Waals surface area contributed by atoms with Gasteiger partial charge in [-0.15, -0.1) is 0 Å². The monoisotopic (exact) mass is 943 g/mol. The zero-order chi connectivity index (χ0) is 45.3. The van der Waals surface area contributed by atoms with Crippen molar-refractivity contribution in [3.05, 3.63) is 0 Å². The van der Waals surface area contributed by atoms with Crippen molar-refractivity contribution in [2.45, 2.75) is 243 Å². The van der Waals surface area contributed by atoms with Crippen LogP contribution in [0.4, 0.5) is 0 Å². The molecule has 4 N–H and O–H groups in total. The smallest absolute Gasteiger partial charge is 0.549 e. The Hall–Kier alpha value is -0.300. The number of carbonyl (C=O) groups excluding carboxylic acids is 4. The van der Waals surface area contributed by atoms with E-state index in [2.05, 4.69) is 24.5 Å². The zero-order valence-corrected chi connectivity index (χ0v) is 45.0. The van der Waals surface area contributed by atoms with Crippen molar-refractivity contribution >= 4 is 44.0 Å². The summed E-state index contributed by atoms with van der Waals surface area (Å²) in [7, 11) is -9.69. The number of aliphatic carboxylic acids is 2. The molecular weight excluding hydrogens is 859 g/mol. The molecule has 0 bridgehead atoms. The first-order chi connectivity index (χ1) is 28.6. The predicted octanol–water partition coefficient (Wildman–Crippen LogP) is 1.53. The maximum absolute atomic E-state index is 11.6. The molecule has 2 atom stereocenters. The van der Waals surface area contributed by atoms with Crippen LogP contribution in [-0.2, 0) is 39.4 Å². The Bertz CT molecular complexity index is 1210. The van der Waals surface area contributed by atoms with E-state index in [1.165, 1.54) is 167 Å². The van der Waals surface area contributed by atoms with Gasteiger partial charge < -0.3 is 30.4 Å². The SMILES string of the molecule is CCCCCCCCCCCCCCCCCCNC(=O)CC(C(=O)[O-])S(=O)(=O)O.CCCCCCCCCCCCCCCCCCNC(=O)CC(C(=O)[O-])S(=O)(=O)O.[Na+].[Na+]. The van der Waals surface area contributed by atoms with Crippen molar-refractivity contribution in [3.8, 4) is 0 Å². The average molecular weight is 943 g/mol. The first-order valence-electron chi connectivity index (χ1n) is 23.5. The summed E-state index contributed by atoms with van der Waals surface area (Å²) in [6.07, 6.45) is 38.4. The quantitative estimate of drug-likeness (QED) is 0.0387. The van der Waals surface area contributed by atoms with E-state index < -0.39 is 67.3 Å². The number of carboxylic acid groups (broad SMARTS) is 2. The van der Waals surface area contributed by atoms with Gasteiger partial charge in [-0.25, -0.2) is 0 Å². The van der Waals surface area contributed by atoms with Gasteiger partial charge in [0.15, 0.2) is 0 Å². The molecule has 0 radical (unpaired) electrons. The van der Waals surface area contributed by atoms with E-state index in [1.54, 1.807) is 0 Å². The molecule has 0 aliphatic rings. The fourth-order valence-electron chi connectivity index (χ4n) is 6.90. The number of carbonyl (C=O) groups is 4. The van der Waals surface area contributed by atoms with E-state index in [0.717, 1.165) is 38.5 Å². The third kappa shape index (κ3) is 47.7. The molecule has 0 aromatic rings. The summed E-state index contributed by atoms with van der Waals surface area (Å²) < 4.78 is 61.2. The number of amides is 2. The molecule has 0 aromatic heterocycles. The molecule has 0 aliphatic heterocycles. The van der Waals surface area contributed by atoms with E-state index in [9.17, 15) is 46.2 Å². The summed E-state index contributed by atoms with van der Waals surface area (Å²) >= 11 is 0. The molecule has 0 saturated heterocycles. The van der Waals surface area contributed by atoms with Crippen LogP contribution in [0.25, 0.3) is 0 Å². The topological polar surface area (TPSA) is 247 Å². The second kappa shape index (κ2) is 47.2. The maximum atomic E-state index is 11.6. The van der Waals surface area contributed by atoms with E-state index in [0.29, 0.717) is 13.1 Å². The number of hydrogen-bond acceptors (Lipinski definition) is 10. The van der Waals surface area contributed by atoms with Gasteiger partial charge in [0, 0.05) is 13.1 Å². The molecule has 0 fully saturated rings. The largest absolute Gasteiger partial charge is 1.00 e. The summed E-state index contributed by atoms with van der Waals surface area (Å²) in [5.41, 5.74) is 0. The van der Waals surface area contributed by atoms with Crippen molar-refractivity contribution < 1.29 is 114 Å². The Morgan fingerprint density at radius 2 is 0.565 bits per heavy atom. The number of hydrogen-bond donors (Lipinski definition) is 4. The molecular formula is C44H84N2Na2O12S2. The molecule has 356 valence electrons. The number of nitrogens with one attached hydrogen (secondary N) is 2. The number of unbranched alkanes of at least 4 members (excludes halogenated alkanes) is 30. The summed E-state index contributed by atoms with van der Waals surface area (Å²) in [4.78, 5) is 44.5. The van der Waals surface area contributed by atoms with Crippen LogP contribution >= 0.6 is 0 Å². The van der Waals surface area contributed by atoms with Crippen LogP contribution in [-0.4, -0.2) is 73.3 Å². The minimum Gasteiger partial charge on any atom is -0.549 e. The van der Waals surface area contributed by atoms with Gasteiger partial charge >= 0.3 is 59.1 Å². The second-order valence-corrected chi connectivity index (χ2v) is 19.6. The van der Waals surface area contributed by atoms with Crippen LogP contribution in [0.3, 0.4) is 0 Å². The molecule has 0 saturated carbocycles. The van der Waals surface area contributed by atoms with Gasteiger partial charge in [0.1, 0.15) is 10.5 Å². The molecule has 14 nitrogen and oxygen atoms in total. The van der Waals surface area contributed by atoms with Gasteiger partial charge in [0.2, 0.25) is 11.8 Å². The fraction of sp³-hybridized carbons (Fsp3) is 0.909. The Labute approximate surface area is 421 Å². The van der Waals surface area contributed by atoms with E-state index in [1.807, 2.05) is 0 Å². The fourth-order valence-corrected chi connectivity index (χ4v) is 8.11. The minimum absolute atomic E-state index is 0. The van der Waals surface area contributed by atoms with Gasteiger partial charge in [0.05, 0.1) is 24.8 Å². The van der Waals surface area contributed by atoms with Crippen LogP contribution in [0, 0.1) is 0 Å². The number of carboxylic acids is 2. The molecule has 0 rings (SSSR count). The maximum Gasteiger partial charge on any atom is 1.00 e. The van der Waals surface area contributed by atoms with Crippen LogP contribution in [0.1, 0.15) is 232 Å². The zero-order valence-electron chi connectivity index (χ0n) is 39.4. The summed E-state index contributed by atoms with van der Waals surface area (Å²) in [6, 6.07) is 0. The van der Waals surface area contributed by atoms with E-state index >= 15 is 0 Å². The van der Waals surface area contributed by atoms with Gasteiger partial charge in [0.25, 0.3) is 20.2 Å². The summed E-state index contributed by atoms with van der Waals surface area (Å²) in [6.45, 7) is 5.22. The van der Waals surface area contributed by atoms with Crippen LogP contribution in [0.2, 0.25) is 0 Å². The van der Waals surface area contributed by atoms with Crippen LogP contribution in [0.5, 0.6) is 0 Å². The Morgan fingerprint density at radius 3 is 0.726 bits per heavy atom. The molecule has 0 heterocycles. The van der Waals surface area contributed by atoms with Gasteiger partial charge in [-0.2, -0.15) is 16.8 Å². The first kappa shape index (κ1) is 68.3. The van der Waals surface area contributed by atoms with E-state index in [-0.39, 0.29) is 59.1 Å². The predicted molar refractivity (Wildman–Crippen MR) is 235 cm³/mol. The Kier molecular flexibility index (Phi) is 52.0. The third-order valence-corrected chi connectivity index (χ3v) is 12.8. The van der Waals surface area contributed by atoms with Crippen molar-refractivity contribution in [1.29, 1.82) is 0 Å². The molecule has 0 aromatic carbocycles. The standard InChI is InChI=1S/2C22H43NO6S.2Na/c2*1-2-3-4-5-6-7-8-9-10-11-12-13-14-15-16-17-18-23-21(24)19-20(22(25)26)30(27,28)29;;/h2*20H,2-19H2,1H3,(H,23,24)(H,25,26)(H,27,28,29);;/q;;2*+1/p-2. The van der Waals surface area contributed by atoms with Crippen molar-refractivity contribution in [2.24, 2.45) is 0 Å². The molecule has 2 amide bonds. The molecule has 0 spiro atoms. The molecule has 62 heavy (non-hydrogen) atoms. The summed E-state index contributed by atoms with van der Waals surface area (Å²) in [5, 5.41) is 21.9. The third-order valence-electron chi connectivity index (χ3n) is 10.7. The number of rotatable bonds is 42. The van der Waals surface area contributed by atoms with Crippen LogP contribution in [0.15, 0.2) is 0 Å². The Balaban J connectivity index is -0.000000526. The van der Waals surface area contributed by atoms with Crippen LogP contribution < -0.4 is 80.0 Å². The molecule has 0 aliphatic carbocycles. The van der Waals surface area contributed by atoms with Crippen molar-refractivity contribution in [2.75, 3.05) is 13.1 Å². The van der Waals surface area contributed by atoms with Crippen molar-refractivity contribution in [3.63, 3.8) is 0 Å². The van der Waals surface area contributed by atoms with E-state index in [4.69, 9.17) is 9.11 Å². The van der Waals surface area contributed by atoms with Crippen molar-refractivity contribution in [1.82, 2.24) is 10.6 Å². The van der Waals surface area contributed by atoms with Gasteiger partial charge in [-0.05, 0) is 12.8 Å². The molecule has 2 unspecified atom stereocenters. The minimum atomic E-state index is -4.84. The first-order valence-corrected chi connectivity index (χ1v) is 26.5. The summed E-state index contributed by atoms with van der Waals surface area (Å²) in [5.74, 6) is -5.39. The van der Waals surface area contributed by atoms with Gasteiger partial charge in [-0.1, -0.05) is 206 Å². The Morgan fingerprint density at radius 1 is 0.387 bits per heavy atom. The normalized spacial score (nSPS) is 12.2.